The second-order valence-corrected chi connectivity index (χ2v) is 5.29. The van der Waals surface area contributed by atoms with Crippen LogP contribution < -0.4 is 0 Å². The molecule has 1 aromatic rings. The predicted octanol–water partition coefficient (Wildman–Crippen LogP) is 4.21. The summed E-state index contributed by atoms with van der Waals surface area (Å²) in [6.45, 7) is 13.5. The van der Waals surface area contributed by atoms with Crippen molar-refractivity contribution in [2.45, 2.75) is 59.3 Å². The molecular formula is C15H24Li. The van der Waals surface area contributed by atoms with Crippen molar-refractivity contribution in [3.05, 3.63) is 34.9 Å². The molecule has 0 spiro atoms. The topological polar surface area (TPSA) is 0 Å². The van der Waals surface area contributed by atoms with E-state index in [4.69, 9.17) is 0 Å². The van der Waals surface area contributed by atoms with Gasteiger partial charge in [-0.3, -0.25) is 0 Å². The van der Waals surface area contributed by atoms with E-state index in [1.165, 1.54) is 16.7 Å². The van der Waals surface area contributed by atoms with Crippen molar-refractivity contribution in [3.8, 4) is 0 Å². The summed E-state index contributed by atoms with van der Waals surface area (Å²) in [4.78, 5) is 0. The van der Waals surface area contributed by atoms with Gasteiger partial charge >= 0.3 is 18.9 Å². The molecule has 0 nitrogen and oxygen atoms in total. The SMILES string of the molecule is CC(C)c1[c]c(C(C)C)cc(C(C)C)c1.[LiH]. The first-order valence-electron chi connectivity index (χ1n) is 5.98. The minimum absolute atomic E-state index is 0. The van der Waals surface area contributed by atoms with Gasteiger partial charge in [-0.25, -0.2) is 0 Å². The average Bonchev–Trinajstić information content (AvgIpc) is 2.16. The van der Waals surface area contributed by atoms with Gasteiger partial charge in [0.1, 0.15) is 0 Å². The average molecular weight is 211 g/mol. The Bertz CT molecular complexity index is 259. The van der Waals surface area contributed by atoms with Gasteiger partial charge in [-0.15, -0.1) is 0 Å². The van der Waals surface area contributed by atoms with E-state index in [1.54, 1.807) is 0 Å². The Morgan fingerprint density at radius 1 is 0.750 bits per heavy atom. The van der Waals surface area contributed by atoms with Crippen LogP contribution in [0.15, 0.2) is 12.1 Å². The number of benzene rings is 1. The molecule has 0 amide bonds. The van der Waals surface area contributed by atoms with Crippen LogP contribution in [0.1, 0.15) is 76.0 Å². The van der Waals surface area contributed by atoms with Crippen LogP contribution in [0.5, 0.6) is 0 Å². The molecule has 0 aliphatic heterocycles. The molecule has 0 aromatic heterocycles. The van der Waals surface area contributed by atoms with E-state index in [0.717, 1.165) is 0 Å². The third-order valence-corrected chi connectivity index (χ3v) is 2.84. The fourth-order valence-corrected chi connectivity index (χ4v) is 1.59. The molecule has 85 valence electrons. The predicted molar refractivity (Wildman–Crippen MR) is 74.7 cm³/mol. The molecular weight excluding hydrogens is 187 g/mol. The summed E-state index contributed by atoms with van der Waals surface area (Å²) in [7, 11) is 0. The molecule has 0 saturated carbocycles. The first kappa shape index (κ1) is 15.8. The van der Waals surface area contributed by atoms with Crippen LogP contribution in [0.4, 0.5) is 0 Å². The van der Waals surface area contributed by atoms with Crippen LogP contribution in [0.25, 0.3) is 0 Å². The molecule has 0 heterocycles. The summed E-state index contributed by atoms with van der Waals surface area (Å²) in [6, 6.07) is 8.15. The van der Waals surface area contributed by atoms with Gasteiger partial charge in [0.25, 0.3) is 0 Å². The van der Waals surface area contributed by atoms with Gasteiger partial charge in [0.15, 0.2) is 0 Å². The van der Waals surface area contributed by atoms with Crippen molar-refractivity contribution < 1.29 is 0 Å². The van der Waals surface area contributed by atoms with Gasteiger partial charge in [-0.2, -0.15) is 0 Å². The van der Waals surface area contributed by atoms with Crippen LogP contribution in [-0.4, -0.2) is 18.9 Å². The Hall–Kier alpha value is -0.183. The van der Waals surface area contributed by atoms with Crippen LogP contribution in [0, 0.1) is 6.07 Å². The molecule has 0 saturated heterocycles. The van der Waals surface area contributed by atoms with Gasteiger partial charge in [0, 0.05) is 0 Å². The normalized spacial score (nSPS) is 11.1. The standard InChI is InChI=1S/C15H23.Li.H/c1-10(2)13-7-14(11(3)4)9-15(8-13)12(5)6;;/h7-8,10-12H,1-6H3;;. The zero-order chi connectivity index (χ0) is 11.6. The minimum atomic E-state index is 0. The summed E-state index contributed by atoms with van der Waals surface area (Å²) >= 11 is 0. The Morgan fingerprint density at radius 2 is 1.12 bits per heavy atom. The molecule has 0 aliphatic rings. The second kappa shape index (κ2) is 6.53. The van der Waals surface area contributed by atoms with Gasteiger partial charge in [-0.1, -0.05) is 53.7 Å². The van der Waals surface area contributed by atoms with Gasteiger partial charge in [-0.05, 0) is 40.5 Å². The monoisotopic (exact) mass is 211 g/mol. The molecule has 1 rings (SSSR count). The molecule has 0 unspecified atom stereocenters. The fourth-order valence-electron chi connectivity index (χ4n) is 1.59. The van der Waals surface area contributed by atoms with Crippen molar-refractivity contribution in [2.75, 3.05) is 0 Å². The van der Waals surface area contributed by atoms with Gasteiger partial charge in [0.2, 0.25) is 0 Å². The van der Waals surface area contributed by atoms with Gasteiger partial charge < -0.3 is 0 Å². The molecule has 0 fully saturated rings. The maximum atomic E-state index is 3.54. The van der Waals surface area contributed by atoms with Crippen LogP contribution in [0.3, 0.4) is 0 Å². The summed E-state index contributed by atoms with van der Waals surface area (Å²) < 4.78 is 0. The third kappa shape index (κ3) is 4.00. The Labute approximate surface area is 113 Å². The quantitative estimate of drug-likeness (QED) is 0.657. The van der Waals surface area contributed by atoms with E-state index in [0.29, 0.717) is 17.8 Å². The van der Waals surface area contributed by atoms with Crippen molar-refractivity contribution in [1.82, 2.24) is 0 Å². The van der Waals surface area contributed by atoms with E-state index in [2.05, 4.69) is 59.7 Å². The van der Waals surface area contributed by atoms with Crippen molar-refractivity contribution in [2.24, 2.45) is 0 Å². The summed E-state index contributed by atoms with van der Waals surface area (Å²) in [5.74, 6) is 1.75. The van der Waals surface area contributed by atoms with E-state index in [1.807, 2.05) is 0 Å². The van der Waals surface area contributed by atoms with Gasteiger partial charge in [0.05, 0.1) is 0 Å². The molecule has 0 N–H and O–H groups in total. The molecule has 0 bridgehead atoms. The van der Waals surface area contributed by atoms with E-state index < -0.39 is 0 Å². The van der Waals surface area contributed by atoms with Crippen molar-refractivity contribution in [3.63, 3.8) is 0 Å². The molecule has 1 aromatic carbocycles. The maximum absolute atomic E-state index is 3.54. The Kier molecular flexibility index (Phi) is 6.45. The second-order valence-electron chi connectivity index (χ2n) is 5.29. The van der Waals surface area contributed by atoms with E-state index in [-0.39, 0.29) is 18.9 Å². The Balaban J connectivity index is 0.00000225. The van der Waals surface area contributed by atoms with E-state index in [9.17, 15) is 0 Å². The van der Waals surface area contributed by atoms with Crippen LogP contribution in [-0.2, 0) is 0 Å². The fraction of sp³-hybridized carbons (Fsp3) is 0.600. The third-order valence-electron chi connectivity index (χ3n) is 2.84. The van der Waals surface area contributed by atoms with E-state index >= 15 is 0 Å². The van der Waals surface area contributed by atoms with Crippen molar-refractivity contribution >= 4 is 18.9 Å². The van der Waals surface area contributed by atoms with Crippen LogP contribution in [0.2, 0.25) is 0 Å². The number of hydrogen-bond donors (Lipinski definition) is 0. The molecule has 16 heavy (non-hydrogen) atoms. The Morgan fingerprint density at radius 3 is 1.38 bits per heavy atom. The van der Waals surface area contributed by atoms with Crippen molar-refractivity contribution in [1.29, 1.82) is 0 Å². The molecule has 0 aliphatic carbocycles. The number of hydrogen-bond acceptors (Lipinski definition) is 0. The number of rotatable bonds is 3. The first-order valence-corrected chi connectivity index (χ1v) is 5.98. The first-order chi connectivity index (χ1) is 6.91. The summed E-state index contributed by atoms with van der Waals surface area (Å²) in [5.41, 5.74) is 4.15. The molecule has 0 atom stereocenters. The van der Waals surface area contributed by atoms with Crippen LogP contribution >= 0.6 is 0 Å². The zero-order valence-electron chi connectivity index (χ0n) is 10.9. The summed E-state index contributed by atoms with van der Waals surface area (Å²) in [6.07, 6.45) is 0. The molecule has 1 heteroatoms. The molecule has 1 radical (unpaired) electrons. The zero-order valence-corrected chi connectivity index (χ0v) is 10.9. The summed E-state index contributed by atoms with van der Waals surface area (Å²) in [5, 5.41) is 0.